The average molecular weight is 188 g/mol. The molecule has 0 aromatic heterocycles. The number of esters is 1. The highest BCUT2D eigenvalue weighted by atomic mass is 16.5. The summed E-state index contributed by atoms with van der Waals surface area (Å²) in [5.74, 6) is -0.565. The van der Waals surface area contributed by atoms with Crippen LogP contribution < -0.4 is 0 Å². The van der Waals surface area contributed by atoms with Gasteiger partial charge in [0.2, 0.25) is 0 Å². The standard InChI is InChI=1S/C10H20O3/c1-4-5-6-7-13-10(12)9(11)8(2)3/h8-9,11H,4-7H2,1-3H3. The Bertz CT molecular complexity index is 143. The molecule has 0 aliphatic rings. The lowest BCUT2D eigenvalue weighted by Crippen LogP contribution is -2.28. The van der Waals surface area contributed by atoms with Gasteiger partial charge in [-0.25, -0.2) is 4.79 Å². The van der Waals surface area contributed by atoms with Crippen LogP contribution in [0.25, 0.3) is 0 Å². The Labute approximate surface area is 80.1 Å². The number of ether oxygens (including phenoxy) is 1. The van der Waals surface area contributed by atoms with E-state index in [1.165, 1.54) is 0 Å². The molecule has 0 radical (unpaired) electrons. The zero-order valence-corrected chi connectivity index (χ0v) is 8.75. The number of hydrogen-bond acceptors (Lipinski definition) is 3. The Morgan fingerprint density at radius 3 is 2.46 bits per heavy atom. The molecule has 0 aliphatic carbocycles. The topological polar surface area (TPSA) is 46.5 Å². The zero-order chi connectivity index (χ0) is 10.3. The highest BCUT2D eigenvalue weighted by Gasteiger charge is 2.19. The van der Waals surface area contributed by atoms with E-state index in [2.05, 4.69) is 6.92 Å². The van der Waals surface area contributed by atoms with Gasteiger partial charge >= 0.3 is 5.97 Å². The van der Waals surface area contributed by atoms with Gasteiger partial charge in [-0.1, -0.05) is 33.6 Å². The molecule has 0 amide bonds. The van der Waals surface area contributed by atoms with Gasteiger partial charge in [0.1, 0.15) is 0 Å². The van der Waals surface area contributed by atoms with Crippen molar-refractivity contribution in [1.29, 1.82) is 0 Å². The first kappa shape index (κ1) is 12.4. The summed E-state index contributed by atoms with van der Waals surface area (Å²) in [6, 6.07) is 0. The lowest BCUT2D eigenvalue weighted by atomic mass is 10.1. The van der Waals surface area contributed by atoms with Crippen molar-refractivity contribution >= 4 is 5.97 Å². The van der Waals surface area contributed by atoms with Crippen LogP contribution in [0.4, 0.5) is 0 Å². The molecule has 1 unspecified atom stereocenters. The Morgan fingerprint density at radius 1 is 1.38 bits per heavy atom. The van der Waals surface area contributed by atoms with Crippen molar-refractivity contribution in [2.45, 2.75) is 46.1 Å². The summed E-state index contributed by atoms with van der Waals surface area (Å²) in [6.45, 7) is 6.09. The summed E-state index contributed by atoms with van der Waals surface area (Å²) in [5.41, 5.74) is 0. The monoisotopic (exact) mass is 188 g/mol. The van der Waals surface area contributed by atoms with Crippen LogP contribution in [0, 0.1) is 5.92 Å². The van der Waals surface area contributed by atoms with Crippen LogP contribution in [-0.4, -0.2) is 23.8 Å². The van der Waals surface area contributed by atoms with Gasteiger partial charge in [0.25, 0.3) is 0 Å². The maximum absolute atomic E-state index is 11.1. The van der Waals surface area contributed by atoms with E-state index < -0.39 is 12.1 Å². The molecule has 78 valence electrons. The quantitative estimate of drug-likeness (QED) is 0.510. The smallest absolute Gasteiger partial charge is 0.335 e. The summed E-state index contributed by atoms with van der Waals surface area (Å²) in [6.07, 6.45) is 2.07. The third kappa shape index (κ3) is 5.64. The fraction of sp³-hybridized carbons (Fsp3) is 0.900. The van der Waals surface area contributed by atoms with Gasteiger partial charge in [0.15, 0.2) is 6.10 Å². The van der Waals surface area contributed by atoms with Crippen LogP contribution in [0.5, 0.6) is 0 Å². The van der Waals surface area contributed by atoms with Crippen molar-refractivity contribution in [3.8, 4) is 0 Å². The molecular weight excluding hydrogens is 168 g/mol. The maximum atomic E-state index is 11.1. The maximum Gasteiger partial charge on any atom is 0.335 e. The Hall–Kier alpha value is -0.570. The number of carbonyl (C=O) groups excluding carboxylic acids is 1. The summed E-state index contributed by atoms with van der Waals surface area (Å²) < 4.78 is 4.88. The largest absolute Gasteiger partial charge is 0.464 e. The van der Waals surface area contributed by atoms with Crippen LogP contribution in [-0.2, 0) is 9.53 Å². The van der Waals surface area contributed by atoms with Gasteiger partial charge < -0.3 is 9.84 Å². The fourth-order valence-electron chi connectivity index (χ4n) is 0.882. The first-order valence-electron chi connectivity index (χ1n) is 4.94. The Kier molecular flexibility index (Phi) is 6.59. The number of unbranched alkanes of at least 4 members (excludes halogenated alkanes) is 2. The van der Waals surface area contributed by atoms with Crippen molar-refractivity contribution < 1.29 is 14.6 Å². The van der Waals surface area contributed by atoms with E-state index in [1.807, 2.05) is 0 Å². The van der Waals surface area contributed by atoms with Gasteiger partial charge in [-0.05, 0) is 12.3 Å². The van der Waals surface area contributed by atoms with Gasteiger partial charge in [0.05, 0.1) is 6.61 Å². The van der Waals surface area contributed by atoms with Crippen LogP contribution in [0.1, 0.15) is 40.0 Å². The third-order valence-electron chi connectivity index (χ3n) is 1.87. The molecular formula is C10H20O3. The molecule has 0 saturated carbocycles. The van der Waals surface area contributed by atoms with Crippen molar-refractivity contribution in [2.75, 3.05) is 6.61 Å². The second-order valence-electron chi connectivity index (χ2n) is 3.56. The van der Waals surface area contributed by atoms with Crippen LogP contribution in [0.3, 0.4) is 0 Å². The van der Waals surface area contributed by atoms with E-state index in [0.717, 1.165) is 19.3 Å². The predicted octanol–water partition coefficient (Wildman–Crippen LogP) is 1.74. The van der Waals surface area contributed by atoms with Crippen LogP contribution >= 0.6 is 0 Å². The molecule has 0 rings (SSSR count). The average Bonchev–Trinajstić information content (AvgIpc) is 2.10. The van der Waals surface area contributed by atoms with Crippen molar-refractivity contribution in [2.24, 2.45) is 5.92 Å². The summed E-state index contributed by atoms with van der Waals surface area (Å²) >= 11 is 0. The highest BCUT2D eigenvalue weighted by molar-refractivity contribution is 5.74. The number of rotatable bonds is 6. The third-order valence-corrected chi connectivity index (χ3v) is 1.87. The first-order chi connectivity index (χ1) is 6.09. The lowest BCUT2D eigenvalue weighted by Gasteiger charge is -2.13. The molecule has 0 fully saturated rings. The molecule has 1 atom stereocenters. The number of aliphatic hydroxyl groups is 1. The number of hydrogen-bond donors (Lipinski definition) is 1. The van der Waals surface area contributed by atoms with Gasteiger partial charge in [-0.2, -0.15) is 0 Å². The minimum absolute atomic E-state index is 0.0707. The molecule has 3 nitrogen and oxygen atoms in total. The van der Waals surface area contributed by atoms with Crippen LogP contribution in [0.2, 0.25) is 0 Å². The van der Waals surface area contributed by atoms with E-state index in [-0.39, 0.29) is 5.92 Å². The summed E-state index contributed by atoms with van der Waals surface area (Å²) in [4.78, 5) is 11.1. The zero-order valence-electron chi connectivity index (χ0n) is 8.75. The normalized spacial score (nSPS) is 13.0. The fourth-order valence-corrected chi connectivity index (χ4v) is 0.882. The van der Waals surface area contributed by atoms with E-state index in [4.69, 9.17) is 4.74 Å². The minimum atomic E-state index is -0.971. The molecule has 3 heteroatoms. The summed E-state index contributed by atoms with van der Waals surface area (Å²) in [5, 5.41) is 9.28. The SMILES string of the molecule is CCCCCOC(=O)C(O)C(C)C. The van der Waals surface area contributed by atoms with Gasteiger partial charge in [-0.3, -0.25) is 0 Å². The molecule has 0 bridgehead atoms. The highest BCUT2D eigenvalue weighted by Crippen LogP contribution is 2.04. The lowest BCUT2D eigenvalue weighted by molar-refractivity contribution is -0.156. The number of aliphatic hydroxyl groups excluding tert-OH is 1. The molecule has 0 heterocycles. The van der Waals surface area contributed by atoms with Crippen molar-refractivity contribution in [1.82, 2.24) is 0 Å². The van der Waals surface area contributed by atoms with E-state index in [9.17, 15) is 9.90 Å². The minimum Gasteiger partial charge on any atom is -0.464 e. The van der Waals surface area contributed by atoms with Crippen molar-refractivity contribution in [3.05, 3.63) is 0 Å². The second-order valence-corrected chi connectivity index (χ2v) is 3.56. The van der Waals surface area contributed by atoms with Crippen molar-refractivity contribution in [3.63, 3.8) is 0 Å². The van der Waals surface area contributed by atoms with E-state index in [1.54, 1.807) is 13.8 Å². The predicted molar refractivity (Wildman–Crippen MR) is 51.3 cm³/mol. The molecule has 13 heavy (non-hydrogen) atoms. The van der Waals surface area contributed by atoms with Crippen LogP contribution in [0.15, 0.2) is 0 Å². The van der Waals surface area contributed by atoms with E-state index >= 15 is 0 Å². The molecule has 0 aliphatic heterocycles. The number of carbonyl (C=O) groups is 1. The van der Waals surface area contributed by atoms with Gasteiger partial charge in [-0.15, -0.1) is 0 Å². The molecule has 0 aromatic rings. The molecule has 0 saturated heterocycles. The molecule has 0 aromatic carbocycles. The summed E-state index contributed by atoms with van der Waals surface area (Å²) in [7, 11) is 0. The molecule has 0 spiro atoms. The van der Waals surface area contributed by atoms with E-state index in [0.29, 0.717) is 6.61 Å². The second kappa shape index (κ2) is 6.89. The first-order valence-corrected chi connectivity index (χ1v) is 4.94. The van der Waals surface area contributed by atoms with Gasteiger partial charge in [0, 0.05) is 0 Å². The Balaban J connectivity index is 3.50. The molecule has 1 N–H and O–H groups in total. The Morgan fingerprint density at radius 2 is 2.00 bits per heavy atom.